The number of aromatic amines is 1. The quantitative estimate of drug-likeness (QED) is 0.743. The molecule has 3 aromatic rings. The third-order valence-corrected chi connectivity index (χ3v) is 3.59. The predicted molar refractivity (Wildman–Crippen MR) is 92.3 cm³/mol. The highest BCUT2D eigenvalue weighted by Gasteiger charge is 2.03. The van der Waals surface area contributed by atoms with Crippen molar-refractivity contribution in [1.82, 2.24) is 14.7 Å². The smallest absolute Gasteiger partial charge is 0.440 e. The number of hydrogen-bond acceptors (Lipinski definition) is 5. The van der Waals surface area contributed by atoms with Crippen LogP contribution >= 0.6 is 0 Å². The van der Waals surface area contributed by atoms with Crippen molar-refractivity contribution in [3.8, 4) is 5.75 Å². The second-order valence-corrected chi connectivity index (χ2v) is 5.39. The van der Waals surface area contributed by atoms with E-state index in [1.54, 1.807) is 12.3 Å². The lowest BCUT2D eigenvalue weighted by molar-refractivity contribution is 0.261. The maximum atomic E-state index is 11.4. The van der Waals surface area contributed by atoms with Gasteiger partial charge in [-0.3, -0.25) is 4.98 Å². The van der Waals surface area contributed by atoms with Gasteiger partial charge in [0.2, 0.25) is 0 Å². The maximum absolute atomic E-state index is 11.4. The van der Waals surface area contributed by atoms with Gasteiger partial charge in [-0.05, 0) is 42.3 Å². The van der Waals surface area contributed by atoms with Crippen LogP contribution in [0.15, 0.2) is 68.8 Å². The van der Waals surface area contributed by atoms with E-state index in [9.17, 15) is 9.59 Å². The van der Waals surface area contributed by atoms with E-state index < -0.39 is 11.4 Å². The molecule has 25 heavy (non-hydrogen) atoms. The van der Waals surface area contributed by atoms with Gasteiger partial charge in [-0.15, -0.1) is 4.74 Å². The molecule has 7 heteroatoms. The molecule has 3 rings (SSSR count). The van der Waals surface area contributed by atoms with E-state index in [-0.39, 0.29) is 6.54 Å². The molecule has 0 spiro atoms. The fraction of sp³-hybridized carbons (Fsp3) is 0.167. The number of allylic oxidation sites excluding steroid dienone is 2. The van der Waals surface area contributed by atoms with Crippen molar-refractivity contribution < 1.29 is 9.26 Å². The molecule has 1 aromatic carbocycles. The largest absolute Gasteiger partial charge is 0.487 e. The first kappa shape index (κ1) is 16.5. The van der Waals surface area contributed by atoms with E-state index in [1.165, 1.54) is 0 Å². The summed E-state index contributed by atoms with van der Waals surface area (Å²) in [6.07, 6.45) is 3.53. The number of hydrogen-bond donors (Lipinski definition) is 1. The molecule has 0 bridgehead atoms. The van der Waals surface area contributed by atoms with Crippen LogP contribution in [0.3, 0.4) is 0 Å². The maximum Gasteiger partial charge on any atom is 0.440 e. The van der Waals surface area contributed by atoms with Gasteiger partial charge in [0.05, 0.1) is 12.2 Å². The molecular formula is C18H17N3O4. The van der Waals surface area contributed by atoms with Crippen LogP contribution in [0.5, 0.6) is 5.75 Å². The van der Waals surface area contributed by atoms with Crippen molar-refractivity contribution in [3.05, 3.63) is 87.0 Å². The minimum atomic E-state index is -0.763. The van der Waals surface area contributed by atoms with Gasteiger partial charge < -0.3 is 9.26 Å². The van der Waals surface area contributed by atoms with Crippen LogP contribution in [-0.2, 0) is 13.2 Å². The van der Waals surface area contributed by atoms with Crippen LogP contribution in [0.1, 0.15) is 18.2 Å². The first-order valence-corrected chi connectivity index (χ1v) is 7.72. The summed E-state index contributed by atoms with van der Waals surface area (Å²) in [5, 5.41) is 0. The number of aromatic nitrogens is 3. The Morgan fingerprint density at radius 1 is 1.28 bits per heavy atom. The zero-order valence-electron chi connectivity index (χ0n) is 13.6. The molecule has 0 aliphatic rings. The molecule has 0 saturated carbocycles. The number of benzene rings is 1. The summed E-state index contributed by atoms with van der Waals surface area (Å²) >= 11 is 0. The number of pyridine rings is 1. The number of nitrogens with zero attached hydrogens (tertiary/aromatic N) is 2. The molecule has 0 saturated heterocycles. The van der Waals surface area contributed by atoms with E-state index in [0.29, 0.717) is 6.61 Å². The molecule has 0 unspecified atom stereocenters. The van der Waals surface area contributed by atoms with E-state index in [0.717, 1.165) is 27.3 Å². The zero-order valence-corrected chi connectivity index (χ0v) is 13.6. The van der Waals surface area contributed by atoms with E-state index in [2.05, 4.69) is 4.98 Å². The molecule has 2 aromatic heterocycles. The van der Waals surface area contributed by atoms with Gasteiger partial charge in [0.1, 0.15) is 12.4 Å². The van der Waals surface area contributed by atoms with Crippen LogP contribution in [0.25, 0.3) is 5.57 Å². The summed E-state index contributed by atoms with van der Waals surface area (Å²) in [5.74, 6) is -0.0396. The molecule has 0 radical (unpaired) electrons. The standard InChI is InChI=1S/C18H17N3O4/c1-13(8-10-21-17(22)20-18(23)25-21)14-5-4-7-16(11-14)24-12-15-6-2-3-9-19-15/h2-9,11H,10,12H2,1H3,(H,20,22,23)/b13-8+. The fourth-order valence-electron chi connectivity index (χ4n) is 2.24. The molecule has 0 aliphatic heterocycles. The number of ether oxygens (including phenoxy) is 1. The Hall–Kier alpha value is -3.35. The Morgan fingerprint density at radius 3 is 2.88 bits per heavy atom. The number of H-pyrrole nitrogens is 1. The van der Waals surface area contributed by atoms with Gasteiger partial charge in [-0.25, -0.2) is 14.6 Å². The lowest BCUT2D eigenvalue weighted by atomic mass is 10.1. The summed E-state index contributed by atoms with van der Waals surface area (Å²) in [6, 6.07) is 13.3. The molecular weight excluding hydrogens is 322 g/mol. The normalized spacial score (nSPS) is 11.5. The Balaban J connectivity index is 1.69. The van der Waals surface area contributed by atoms with E-state index >= 15 is 0 Å². The first-order valence-electron chi connectivity index (χ1n) is 7.72. The Labute approximate surface area is 143 Å². The van der Waals surface area contributed by atoms with E-state index in [1.807, 2.05) is 54.4 Å². The first-order chi connectivity index (χ1) is 12.1. The summed E-state index contributed by atoms with van der Waals surface area (Å²) in [7, 11) is 0. The van der Waals surface area contributed by atoms with Crippen LogP contribution in [-0.4, -0.2) is 14.7 Å². The van der Waals surface area contributed by atoms with Gasteiger partial charge >= 0.3 is 11.4 Å². The van der Waals surface area contributed by atoms with Crippen LogP contribution in [0, 0.1) is 0 Å². The Morgan fingerprint density at radius 2 is 2.16 bits per heavy atom. The molecule has 7 nitrogen and oxygen atoms in total. The Bertz CT molecular complexity index is 983. The topological polar surface area (TPSA) is 90.1 Å². The van der Waals surface area contributed by atoms with Crippen LogP contribution < -0.4 is 16.2 Å². The molecule has 128 valence electrons. The van der Waals surface area contributed by atoms with Crippen molar-refractivity contribution in [2.24, 2.45) is 0 Å². The summed E-state index contributed by atoms with van der Waals surface area (Å²) in [4.78, 5) is 28.7. The average Bonchev–Trinajstić information content (AvgIpc) is 2.96. The highest BCUT2D eigenvalue weighted by molar-refractivity contribution is 5.64. The Kier molecular flexibility index (Phi) is 4.94. The van der Waals surface area contributed by atoms with Gasteiger partial charge in [-0.1, -0.05) is 24.3 Å². The van der Waals surface area contributed by atoms with Gasteiger partial charge in [0.25, 0.3) is 0 Å². The molecule has 1 N–H and O–H groups in total. The van der Waals surface area contributed by atoms with Crippen LogP contribution in [0.4, 0.5) is 0 Å². The van der Waals surface area contributed by atoms with Crippen molar-refractivity contribution in [2.75, 3.05) is 0 Å². The van der Waals surface area contributed by atoms with E-state index in [4.69, 9.17) is 9.26 Å². The average molecular weight is 339 g/mol. The molecule has 0 atom stereocenters. The zero-order chi connectivity index (χ0) is 17.6. The summed E-state index contributed by atoms with van der Waals surface area (Å²) < 4.78 is 11.5. The summed E-state index contributed by atoms with van der Waals surface area (Å²) in [6.45, 7) is 2.47. The third kappa shape index (κ3) is 4.35. The lowest BCUT2D eigenvalue weighted by Crippen LogP contribution is -2.15. The fourth-order valence-corrected chi connectivity index (χ4v) is 2.24. The van der Waals surface area contributed by atoms with Crippen molar-refractivity contribution in [1.29, 1.82) is 0 Å². The molecule has 0 fully saturated rings. The monoisotopic (exact) mass is 339 g/mol. The second-order valence-electron chi connectivity index (χ2n) is 5.39. The summed E-state index contributed by atoms with van der Waals surface area (Å²) in [5.41, 5.74) is 2.16. The van der Waals surface area contributed by atoms with Gasteiger partial charge in [0, 0.05) is 6.20 Å². The second kappa shape index (κ2) is 7.48. The van der Waals surface area contributed by atoms with Crippen LogP contribution in [0.2, 0.25) is 0 Å². The third-order valence-electron chi connectivity index (χ3n) is 3.59. The minimum absolute atomic E-state index is 0.169. The highest BCUT2D eigenvalue weighted by Crippen LogP contribution is 2.20. The highest BCUT2D eigenvalue weighted by atomic mass is 16.5. The van der Waals surface area contributed by atoms with Crippen molar-refractivity contribution in [2.45, 2.75) is 20.1 Å². The molecule has 0 amide bonds. The SMILES string of the molecule is C/C(=C\Cn1oc(=O)[nH]c1=O)c1cccc(OCc2ccccn2)c1. The number of nitrogens with one attached hydrogen (secondary N) is 1. The minimum Gasteiger partial charge on any atom is -0.487 e. The van der Waals surface area contributed by atoms with Crippen molar-refractivity contribution >= 4 is 5.57 Å². The van der Waals surface area contributed by atoms with Gasteiger partial charge in [-0.2, -0.15) is 0 Å². The predicted octanol–water partition coefficient (Wildman–Crippen LogP) is 2.21. The molecule has 0 aliphatic carbocycles. The van der Waals surface area contributed by atoms with Gasteiger partial charge in [0.15, 0.2) is 0 Å². The molecule has 2 heterocycles. The lowest BCUT2D eigenvalue weighted by Gasteiger charge is -2.08. The number of rotatable bonds is 6. The van der Waals surface area contributed by atoms with Crippen molar-refractivity contribution in [3.63, 3.8) is 0 Å².